The van der Waals surface area contributed by atoms with Crippen molar-refractivity contribution in [2.24, 2.45) is 5.73 Å². The summed E-state index contributed by atoms with van der Waals surface area (Å²) in [6.07, 6.45) is -0.487. The molecule has 18 heavy (non-hydrogen) atoms. The first kappa shape index (κ1) is 13.5. The maximum atomic E-state index is 11.6. The number of aliphatic carboxylic acids is 1. The highest BCUT2D eigenvalue weighted by atomic mass is 16.4. The van der Waals surface area contributed by atoms with Gasteiger partial charge in [-0.05, 0) is 24.3 Å². The Morgan fingerprint density at radius 3 is 2.22 bits per heavy atom. The number of rotatable bonds is 5. The Morgan fingerprint density at radius 2 is 1.78 bits per heavy atom. The van der Waals surface area contributed by atoms with Crippen molar-refractivity contribution in [2.75, 3.05) is 0 Å². The lowest BCUT2D eigenvalue weighted by Crippen LogP contribution is -2.43. The summed E-state index contributed by atoms with van der Waals surface area (Å²) in [6, 6.07) is 3.86. The van der Waals surface area contributed by atoms with Crippen LogP contribution in [0.1, 0.15) is 16.8 Å². The number of carbonyl (C=O) groups excluding carboxylic acids is 2. The molecule has 7 heteroatoms. The molecule has 96 valence electrons. The molecule has 0 saturated carbocycles. The van der Waals surface area contributed by atoms with E-state index in [1.54, 1.807) is 0 Å². The van der Waals surface area contributed by atoms with Crippen LogP contribution in [0.15, 0.2) is 24.3 Å². The summed E-state index contributed by atoms with van der Waals surface area (Å²) in [5, 5.41) is 20.0. The summed E-state index contributed by atoms with van der Waals surface area (Å²) < 4.78 is 0. The van der Waals surface area contributed by atoms with E-state index in [9.17, 15) is 14.4 Å². The number of nitrogens with two attached hydrogens (primary N) is 1. The third kappa shape index (κ3) is 3.78. The van der Waals surface area contributed by atoms with E-state index in [4.69, 9.17) is 15.9 Å². The summed E-state index contributed by atoms with van der Waals surface area (Å²) in [7, 11) is 0. The van der Waals surface area contributed by atoms with Crippen molar-refractivity contribution in [3.05, 3.63) is 29.8 Å². The molecule has 2 amide bonds. The van der Waals surface area contributed by atoms with Gasteiger partial charge in [0.25, 0.3) is 5.91 Å². The van der Waals surface area contributed by atoms with Crippen LogP contribution in [0.5, 0.6) is 5.75 Å². The number of carboxylic acid groups (broad SMARTS) is 1. The molecule has 5 N–H and O–H groups in total. The van der Waals surface area contributed by atoms with Crippen molar-refractivity contribution in [3.63, 3.8) is 0 Å². The Balaban J connectivity index is 2.75. The first-order chi connectivity index (χ1) is 8.40. The van der Waals surface area contributed by atoms with Gasteiger partial charge in [-0.2, -0.15) is 0 Å². The fourth-order valence-electron chi connectivity index (χ4n) is 1.26. The van der Waals surface area contributed by atoms with Crippen molar-refractivity contribution in [2.45, 2.75) is 12.5 Å². The van der Waals surface area contributed by atoms with Crippen LogP contribution in [0.25, 0.3) is 0 Å². The molecule has 1 aromatic rings. The quantitative estimate of drug-likeness (QED) is 0.558. The number of amides is 2. The molecule has 0 aromatic heterocycles. The number of aromatic hydroxyl groups is 1. The number of phenolic OH excluding ortho intramolecular Hbond substituents is 1. The molecule has 7 nitrogen and oxygen atoms in total. The van der Waals surface area contributed by atoms with Crippen LogP contribution in [0, 0.1) is 0 Å². The third-order valence-electron chi connectivity index (χ3n) is 2.14. The first-order valence-electron chi connectivity index (χ1n) is 5.01. The minimum absolute atomic E-state index is 0.0153. The maximum Gasteiger partial charge on any atom is 0.326 e. The van der Waals surface area contributed by atoms with Gasteiger partial charge in [0.15, 0.2) is 0 Å². The van der Waals surface area contributed by atoms with Crippen molar-refractivity contribution in [1.29, 1.82) is 0 Å². The minimum atomic E-state index is -1.37. The van der Waals surface area contributed by atoms with E-state index >= 15 is 0 Å². The smallest absolute Gasteiger partial charge is 0.326 e. The highest BCUT2D eigenvalue weighted by Crippen LogP contribution is 2.09. The molecule has 0 unspecified atom stereocenters. The van der Waals surface area contributed by atoms with Crippen LogP contribution in [0.3, 0.4) is 0 Å². The molecule has 0 aliphatic rings. The molecular formula is C11H12N2O5. The molecule has 1 aromatic carbocycles. The van der Waals surface area contributed by atoms with Gasteiger partial charge in [0.05, 0.1) is 6.42 Å². The van der Waals surface area contributed by atoms with Crippen LogP contribution < -0.4 is 11.1 Å². The van der Waals surface area contributed by atoms with E-state index in [0.29, 0.717) is 0 Å². The van der Waals surface area contributed by atoms with Crippen LogP contribution in [-0.4, -0.2) is 34.0 Å². The van der Waals surface area contributed by atoms with Crippen molar-refractivity contribution in [3.8, 4) is 5.75 Å². The van der Waals surface area contributed by atoms with Gasteiger partial charge in [-0.3, -0.25) is 9.59 Å². The SMILES string of the molecule is NC(=O)C[C@H](NC(=O)c1ccc(O)cc1)C(=O)O. The molecule has 0 bridgehead atoms. The molecule has 0 heterocycles. The fraction of sp³-hybridized carbons (Fsp3) is 0.182. The Bertz CT molecular complexity index is 469. The number of carboxylic acids is 1. The molecule has 0 fully saturated rings. The molecule has 0 aliphatic heterocycles. The lowest BCUT2D eigenvalue weighted by atomic mass is 10.1. The van der Waals surface area contributed by atoms with Gasteiger partial charge in [0, 0.05) is 5.56 Å². The van der Waals surface area contributed by atoms with E-state index in [-0.39, 0.29) is 11.3 Å². The Kier molecular flexibility index (Phi) is 4.25. The number of benzene rings is 1. The molecule has 1 rings (SSSR count). The summed E-state index contributed by atoms with van der Waals surface area (Å²) in [4.78, 5) is 33.1. The van der Waals surface area contributed by atoms with E-state index in [1.165, 1.54) is 24.3 Å². The number of phenols is 1. The van der Waals surface area contributed by atoms with Crippen LogP contribution >= 0.6 is 0 Å². The number of nitrogens with one attached hydrogen (secondary N) is 1. The third-order valence-corrected chi connectivity index (χ3v) is 2.14. The number of hydrogen-bond donors (Lipinski definition) is 4. The second-order valence-corrected chi connectivity index (χ2v) is 3.58. The molecule has 0 spiro atoms. The summed E-state index contributed by atoms with van der Waals surface area (Å²) >= 11 is 0. The van der Waals surface area contributed by atoms with Gasteiger partial charge in [0.2, 0.25) is 5.91 Å². The molecular weight excluding hydrogens is 240 g/mol. The Hall–Kier alpha value is -2.57. The van der Waals surface area contributed by atoms with Gasteiger partial charge in [0.1, 0.15) is 11.8 Å². The molecule has 0 saturated heterocycles. The zero-order valence-corrected chi connectivity index (χ0v) is 9.29. The zero-order chi connectivity index (χ0) is 13.7. The summed E-state index contributed by atoms with van der Waals surface area (Å²) in [5.41, 5.74) is 5.05. The molecule has 1 atom stereocenters. The van der Waals surface area contributed by atoms with Crippen molar-refractivity contribution in [1.82, 2.24) is 5.32 Å². The normalized spacial score (nSPS) is 11.6. The summed E-state index contributed by atoms with van der Waals surface area (Å²) in [5.74, 6) is -2.85. The topological polar surface area (TPSA) is 130 Å². The lowest BCUT2D eigenvalue weighted by Gasteiger charge is -2.12. The van der Waals surface area contributed by atoms with Crippen molar-refractivity contribution >= 4 is 17.8 Å². The van der Waals surface area contributed by atoms with Crippen molar-refractivity contribution < 1.29 is 24.6 Å². The van der Waals surface area contributed by atoms with E-state index in [0.717, 1.165) is 0 Å². The number of hydrogen-bond acceptors (Lipinski definition) is 4. The predicted molar refractivity (Wildman–Crippen MR) is 60.8 cm³/mol. The monoisotopic (exact) mass is 252 g/mol. The predicted octanol–water partition coefficient (Wildman–Crippen LogP) is -0.549. The van der Waals surface area contributed by atoms with E-state index in [1.807, 2.05) is 0 Å². The van der Waals surface area contributed by atoms with Gasteiger partial charge in [-0.25, -0.2) is 4.79 Å². The molecule has 0 aliphatic carbocycles. The van der Waals surface area contributed by atoms with Gasteiger partial charge in [-0.15, -0.1) is 0 Å². The van der Waals surface area contributed by atoms with E-state index in [2.05, 4.69) is 5.32 Å². The maximum absolute atomic E-state index is 11.6. The standard InChI is InChI=1S/C11H12N2O5/c12-9(15)5-8(11(17)18)13-10(16)6-1-3-7(14)4-2-6/h1-4,8,14H,5H2,(H2,12,15)(H,13,16)(H,17,18)/t8-/m0/s1. The van der Waals surface area contributed by atoms with Crippen LogP contribution in [0.2, 0.25) is 0 Å². The average Bonchev–Trinajstić information content (AvgIpc) is 2.28. The first-order valence-corrected chi connectivity index (χ1v) is 5.01. The Morgan fingerprint density at radius 1 is 1.22 bits per heavy atom. The fourth-order valence-corrected chi connectivity index (χ4v) is 1.26. The lowest BCUT2D eigenvalue weighted by molar-refractivity contribution is -0.140. The van der Waals surface area contributed by atoms with Gasteiger partial charge in [-0.1, -0.05) is 0 Å². The largest absolute Gasteiger partial charge is 0.508 e. The highest BCUT2D eigenvalue weighted by Gasteiger charge is 2.22. The highest BCUT2D eigenvalue weighted by molar-refractivity contribution is 5.97. The minimum Gasteiger partial charge on any atom is -0.508 e. The molecule has 0 radical (unpaired) electrons. The second kappa shape index (κ2) is 5.67. The average molecular weight is 252 g/mol. The zero-order valence-electron chi connectivity index (χ0n) is 9.29. The number of carbonyl (C=O) groups is 3. The van der Waals surface area contributed by atoms with E-state index < -0.39 is 30.2 Å². The second-order valence-electron chi connectivity index (χ2n) is 3.58. The Labute approximate surface area is 102 Å². The van der Waals surface area contributed by atoms with Crippen LogP contribution in [0.4, 0.5) is 0 Å². The van der Waals surface area contributed by atoms with Gasteiger partial charge < -0.3 is 21.3 Å². The summed E-state index contributed by atoms with van der Waals surface area (Å²) in [6.45, 7) is 0. The number of primary amides is 1. The van der Waals surface area contributed by atoms with Gasteiger partial charge >= 0.3 is 5.97 Å². The van der Waals surface area contributed by atoms with Crippen LogP contribution in [-0.2, 0) is 9.59 Å².